The van der Waals surface area contributed by atoms with Gasteiger partial charge in [-0.25, -0.2) is 14.8 Å². The van der Waals surface area contributed by atoms with Crippen molar-refractivity contribution < 1.29 is 4.79 Å². The Morgan fingerprint density at radius 2 is 1.59 bits per heavy atom. The number of hydrogen-bond donors (Lipinski definition) is 3. The van der Waals surface area contributed by atoms with Crippen molar-refractivity contribution in [3.05, 3.63) is 55.2 Å². The van der Waals surface area contributed by atoms with Crippen LogP contribution in [0.1, 0.15) is 5.82 Å². The number of nitrogens with one attached hydrogen (secondary N) is 3. The number of hydrazine groups is 1. The van der Waals surface area contributed by atoms with E-state index in [1.807, 2.05) is 0 Å². The molecular formula is C16H10Cl5N5O. The number of benzene rings is 2. The number of halogens is 5. The molecule has 3 N–H and O–H groups in total. The molecule has 0 fully saturated rings. The summed E-state index contributed by atoms with van der Waals surface area (Å²) < 4.78 is 0. The number of nitrogens with zero attached hydrogens (tertiary/aromatic N) is 2. The average Bonchev–Trinajstić information content (AvgIpc) is 2.64. The number of carbonyl (C=O) groups excluding carboxylic acids is 1. The maximum absolute atomic E-state index is 12.1. The van der Waals surface area contributed by atoms with Gasteiger partial charge in [-0.1, -0.05) is 70.1 Å². The first-order valence-electron chi connectivity index (χ1n) is 7.37. The van der Waals surface area contributed by atoms with E-state index in [4.69, 9.17) is 58.0 Å². The molecule has 2 aromatic carbocycles. The first-order chi connectivity index (χ1) is 12.8. The normalized spacial score (nSPS) is 10.7. The molecule has 0 aliphatic rings. The maximum Gasteiger partial charge on any atom is 0.337 e. The van der Waals surface area contributed by atoms with Crippen LogP contribution in [-0.2, 0) is 0 Å². The number of carbonyl (C=O) groups is 1. The predicted molar refractivity (Wildman–Crippen MR) is 112 cm³/mol. The van der Waals surface area contributed by atoms with Crippen molar-refractivity contribution in [1.82, 2.24) is 15.4 Å². The molecule has 0 bridgehead atoms. The van der Waals surface area contributed by atoms with Gasteiger partial charge in [-0.2, -0.15) is 0 Å². The van der Waals surface area contributed by atoms with E-state index < -0.39 is 6.03 Å². The van der Waals surface area contributed by atoms with Crippen molar-refractivity contribution >= 4 is 86.4 Å². The van der Waals surface area contributed by atoms with Crippen molar-refractivity contribution in [3.63, 3.8) is 0 Å². The van der Waals surface area contributed by atoms with Gasteiger partial charge in [0.25, 0.3) is 0 Å². The van der Waals surface area contributed by atoms with E-state index in [-0.39, 0.29) is 25.9 Å². The van der Waals surface area contributed by atoms with Crippen molar-refractivity contribution in [2.75, 3.05) is 10.7 Å². The number of anilines is 2. The van der Waals surface area contributed by atoms with Gasteiger partial charge >= 0.3 is 6.03 Å². The molecule has 0 aliphatic heterocycles. The van der Waals surface area contributed by atoms with Gasteiger partial charge in [0.15, 0.2) is 5.82 Å². The van der Waals surface area contributed by atoms with Gasteiger partial charge in [0, 0.05) is 0 Å². The second-order valence-corrected chi connectivity index (χ2v) is 7.20. The van der Waals surface area contributed by atoms with Crippen LogP contribution in [0.3, 0.4) is 0 Å². The second kappa shape index (κ2) is 8.12. The highest BCUT2D eigenvalue weighted by Gasteiger charge is 2.20. The van der Waals surface area contributed by atoms with Crippen LogP contribution in [0.2, 0.25) is 25.1 Å². The highest BCUT2D eigenvalue weighted by atomic mass is 35.5. The van der Waals surface area contributed by atoms with Crippen LogP contribution in [0.25, 0.3) is 10.9 Å². The predicted octanol–water partition coefficient (Wildman–Crippen LogP) is 6.35. The van der Waals surface area contributed by atoms with E-state index in [2.05, 4.69) is 26.1 Å². The Kier molecular flexibility index (Phi) is 6.03. The Bertz CT molecular complexity index is 1060. The van der Waals surface area contributed by atoms with Gasteiger partial charge in [0.2, 0.25) is 0 Å². The third-order valence-electron chi connectivity index (χ3n) is 3.44. The lowest BCUT2D eigenvalue weighted by Crippen LogP contribution is -2.34. The number of hydrogen-bond acceptors (Lipinski definition) is 4. The quantitative estimate of drug-likeness (QED) is 0.239. The molecule has 27 heavy (non-hydrogen) atoms. The summed E-state index contributed by atoms with van der Waals surface area (Å²) in [6, 6.07) is 6.23. The van der Waals surface area contributed by atoms with Gasteiger partial charge in [0.05, 0.1) is 41.7 Å². The molecule has 0 unspecified atom stereocenters. The van der Waals surface area contributed by atoms with Gasteiger partial charge in [-0.3, -0.25) is 10.9 Å². The Balaban J connectivity index is 1.91. The summed E-state index contributed by atoms with van der Waals surface area (Å²) in [5.41, 5.74) is 5.88. The average molecular weight is 466 g/mol. The van der Waals surface area contributed by atoms with Crippen molar-refractivity contribution in [2.45, 2.75) is 6.92 Å². The monoisotopic (exact) mass is 463 g/mol. The Morgan fingerprint density at radius 1 is 0.926 bits per heavy atom. The molecule has 0 aliphatic carbocycles. The fourth-order valence-corrected chi connectivity index (χ4v) is 3.43. The third kappa shape index (κ3) is 4.10. The number of fused-ring (bicyclic) bond motifs is 1. The van der Waals surface area contributed by atoms with Crippen LogP contribution in [0.5, 0.6) is 0 Å². The van der Waals surface area contributed by atoms with Crippen LogP contribution in [0.15, 0.2) is 24.3 Å². The van der Waals surface area contributed by atoms with Crippen LogP contribution < -0.4 is 16.2 Å². The van der Waals surface area contributed by atoms with Crippen LogP contribution in [0.4, 0.5) is 16.3 Å². The Hall–Kier alpha value is -1.70. The van der Waals surface area contributed by atoms with E-state index in [0.717, 1.165) is 0 Å². The number of amides is 2. The number of rotatable bonds is 3. The summed E-state index contributed by atoms with van der Waals surface area (Å²) in [4.78, 5) is 20.6. The lowest BCUT2D eigenvalue weighted by atomic mass is 10.2. The first kappa shape index (κ1) is 20.0. The zero-order valence-electron chi connectivity index (χ0n) is 13.5. The fraction of sp³-hybridized carbons (Fsp3) is 0.0625. The van der Waals surface area contributed by atoms with E-state index in [9.17, 15) is 4.79 Å². The molecule has 0 saturated heterocycles. The Labute approximate surface area is 179 Å². The molecule has 1 aromatic heterocycles. The van der Waals surface area contributed by atoms with Gasteiger partial charge < -0.3 is 5.32 Å². The summed E-state index contributed by atoms with van der Waals surface area (Å²) >= 11 is 30.7. The van der Waals surface area contributed by atoms with Gasteiger partial charge in [-0.05, 0) is 19.1 Å². The lowest BCUT2D eigenvalue weighted by Gasteiger charge is -2.15. The molecule has 1 heterocycles. The standard InChI is InChI=1S/C16H10Cl5N5O/c1-6-22-14-9(10(18)11(19)12(20)13(14)21)15(23-6)25-26-16(27)24-8-5-3-2-4-7(8)17/h2-5H,1H3,(H,22,23,25)(H2,24,26,27). The number of urea groups is 1. The number of aromatic nitrogens is 2. The molecule has 3 aromatic rings. The van der Waals surface area contributed by atoms with E-state index in [0.29, 0.717) is 27.4 Å². The van der Waals surface area contributed by atoms with E-state index in [1.54, 1.807) is 31.2 Å². The highest BCUT2D eigenvalue weighted by molar-refractivity contribution is 6.55. The van der Waals surface area contributed by atoms with E-state index in [1.165, 1.54) is 0 Å². The zero-order chi connectivity index (χ0) is 19.7. The summed E-state index contributed by atoms with van der Waals surface area (Å²) in [5.74, 6) is 0.590. The largest absolute Gasteiger partial charge is 0.337 e. The van der Waals surface area contributed by atoms with Crippen molar-refractivity contribution in [1.29, 1.82) is 0 Å². The smallest absolute Gasteiger partial charge is 0.305 e. The molecule has 0 radical (unpaired) electrons. The van der Waals surface area contributed by atoms with E-state index >= 15 is 0 Å². The van der Waals surface area contributed by atoms with Crippen molar-refractivity contribution in [2.24, 2.45) is 0 Å². The summed E-state index contributed by atoms with van der Waals surface area (Å²) in [6.07, 6.45) is 0. The molecule has 3 rings (SSSR count). The zero-order valence-corrected chi connectivity index (χ0v) is 17.3. The van der Waals surface area contributed by atoms with Crippen LogP contribution >= 0.6 is 58.0 Å². The van der Waals surface area contributed by atoms with Gasteiger partial charge in [0.1, 0.15) is 5.82 Å². The summed E-state index contributed by atoms with van der Waals surface area (Å²) in [7, 11) is 0. The minimum Gasteiger partial charge on any atom is -0.305 e. The molecule has 0 saturated carbocycles. The minimum atomic E-state index is -0.574. The Morgan fingerprint density at radius 3 is 2.30 bits per heavy atom. The van der Waals surface area contributed by atoms with Gasteiger partial charge in [-0.15, -0.1) is 0 Å². The van der Waals surface area contributed by atoms with Crippen LogP contribution in [0, 0.1) is 6.92 Å². The fourth-order valence-electron chi connectivity index (χ4n) is 2.27. The molecule has 0 atom stereocenters. The maximum atomic E-state index is 12.1. The number of para-hydroxylation sites is 1. The topological polar surface area (TPSA) is 78.9 Å². The number of aryl methyl sites for hydroxylation is 1. The minimum absolute atomic E-state index is 0.0619. The molecule has 6 nitrogen and oxygen atoms in total. The molecular weight excluding hydrogens is 455 g/mol. The molecule has 140 valence electrons. The SMILES string of the molecule is Cc1nc(NNC(=O)Nc2ccccc2Cl)c2c(Cl)c(Cl)c(Cl)c(Cl)c2n1. The summed E-state index contributed by atoms with van der Waals surface area (Å²) in [5, 5.41) is 3.70. The molecule has 2 amide bonds. The highest BCUT2D eigenvalue weighted by Crippen LogP contribution is 2.44. The van der Waals surface area contributed by atoms with Crippen LogP contribution in [-0.4, -0.2) is 16.0 Å². The second-order valence-electron chi connectivity index (χ2n) is 5.28. The summed E-state index contributed by atoms with van der Waals surface area (Å²) in [6.45, 7) is 1.65. The third-order valence-corrected chi connectivity index (χ3v) is 5.56. The molecule has 0 spiro atoms. The lowest BCUT2D eigenvalue weighted by molar-refractivity contribution is 0.254. The molecule has 11 heteroatoms. The van der Waals surface area contributed by atoms with Crippen molar-refractivity contribution in [3.8, 4) is 0 Å². The first-order valence-corrected chi connectivity index (χ1v) is 9.26.